The molecular formula is C21H30N2O4. The maximum atomic E-state index is 12.8. The van der Waals surface area contributed by atoms with E-state index >= 15 is 0 Å². The number of carbonyl (C=O) groups excluding carboxylic acids is 1. The average molecular weight is 374 g/mol. The lowest BCUT2D eigenvalue weighted by Crippen LogP contribution is -2.35. The van der Waals surface area contributed by atoms with Crippen LogP contribution in [0.3, 0.4) is 0 Å². The molecule has 1 heterocycles. The summed E-state index contributed by atoms with van der Waals surface area (Å²) in [5.74, 6) is -0.109. The number of hydrogen-bond acceptors (Lipinski definition) is 4. The number of likely N-dealkylation sites (tertiary alicyclic amines) is 1. The third-order valence-corrected chi connectivity index (χ3v) is 5.61. The summed E-state index contributed by atoms with van der Waals surface area (Å²) in [5.41, 5.74) is 1.51. The van der Waals surface area contributed by atoms with Crippen LogP contribution in [0.5, 0.6) is 5.75 Å². The summed E-state index contributed by atoms with van der Waals surface area (Å²) in [5, 5.41) is 12.7. The van der Waals surface area contributed by atoms with Gasteiger partial charge in [-0.25, -0.2) is 0 Å². The van der Waals surface area contributed by atoms with Crippen molar-refractivity contribution in [2.24, 2.45) is 5.92 Å². The summed E-state index contributed by atoms with van der Waals surface area (Å²) in [7, 11) is 0. The van der Waals surface area contributed by atoms with Crippen LogP contribution in [0, 0.1) is 5.92 Å². The molecule has 1 amide bonds. The number of carboxylic acid groups (broad SMARTS) is 1. The van der Waals surface area contributed by atoms with Gasteiger partial charge in [-0.05, 0) is 70.1 Å². The smallest absolute Gasteiger partial charge is 0.306 e. The number of hydrogen-bond donors (Lipinski definition) is 2. The molecule has 148 valence electrons. The molecule has 0 bridgehead atoms. The molecule has 0 radical (unpaired) electrons. The Morgan fingerprint density at radius 3 is 2.48 bits per heavy atom. The van der Waals surface area contributed by atoms with Gasteiger partial charge in [-0.2, -0.15) is 0 Å². The van der Waals surface area contributed by atoms with Crippen LogP contribution in [-0.2, 0) is 4.79 Å². The van der Waals surface area contributed by atoms with Gasteiger partial charge in [-0.15, -0.1) is 0 Å². The van der Waals surface area contributed by atoms with Crippen molar-refractivity contribution in [1.82, 2.24) is 4.90 Å². The minimum absolute atomic E-state index is 0.0791. The molecule has 0 aromatic heterocycles. The van der Waals surface area contributed by atoms with Crippen LogP contribution in [0.15, 0.2) is 18.2 Å². The zero-order chi connectivity index (χ0) is 19.2. The zero-order valence-electron chi connectivity index (χ0n) is 16.1. The van der Waals surface area contributed by atoms with E-state index < -0.39 is 5.97 Å². The van der Waals surface area contributed by atoms with Gasteiger partial charge in [0, 0.05) is 24.7 Å². The summed E-state index contributed by atoms with van der Waals surface area (Å²) in [6, 6.07) is 5.81. The second kappa shape index (κ2) is 9.11. The van der Waals surface area contributed by atoms with Crippen molar-refractivity contribution in [1.29, 1.82) is 0 Å². The van der Waals surface area contributed by atoms with Crippen LogP contribution < -0.4 is 10.1 Å². The molecule has 0 atom stereocenters. The monoisotopic (exact) mass is 374 g/mol. The van der Waals surface area contributed by atoms with Crippen molar-refractivity contribution in [2.75, 3.05) is 25.0 Å². The standard InChI is InChI=1S/C21H30N2O4/c1-2-27-19-11-8-16(20(24)23-12-4-3-5-13-23)14-18(19)22-17-9-6-15(7-10-17)21(25)26/h8,11,14-15,17,22H,2-7,9-10,12-13H2,1H3,(H,25,26). The summed E-state index contributed by atoms with van der Waals surface area (Å²) in [4.78, 5) is 25.9. The van der Waals surface area contributed by atoms with Crippen LogP contribution in [0.25, 0.3) is 0 Å². The highest BCUT2D eigenvalue weighted by molar-refractivity contribution is 5.95. The minimum atomic E-state index is -0.697. The average Bonchev–Trinajstić information content (AvgIpc) is 2.70. The van der Waals surface area contributed by atoms with Crippen molar-refractivity contribution < 1.29 is 19.4 Å². The van der Waals surface area contributed by atoms with E-state index in [4.69, 9.17) is 9.84 Å². The quantitative estimate of drug-likeness (QED) is 0.792. The first kappa shape index (κ1) is 19.5. The van der Waals surface area contributed by atoms with Crippen LogP contribution in [0.1, 0.15) is 62.2 Å². The Bertz CT molecular complexity index is 662. The topological polar surface area (TPSA) is 78.9 Å². The number of benzene rings is 1. The number of rotatable bonds is 6. The first-order valence-corrected chi connectivity index (χ1v) is 10.1. The van der Waals surface area contributed by atoms with Crippen molar-refractivity contribution in [3.63, 3.8) is 0 Å². The van der Waals surface area contributed by atoms with Crippen molar-refractivity contribution in [2.45, 2.75) is 57.9 Å². The molecule has 2 aliphatic rings. The van der Waals surface area contributed by atoms with Gasteiger partial charge in [0.05, 0.1) is 18.2 Å². The number of carboxylic acids is 1. The Kier molecular flexibility index (Phi) is 6.58. The molecule has 0 unspecified atom stereocenters. The van der Waals surface area contributed by atoms with E-state index in [2.05, 4.69) is 5.32 Å². The van der Waals surface area contributed by atoms with Gasteiger partial charge < -0.3 is 20.1 Å². The maximum absolute atomic E-state index is 12.8. The molecule has 1 aliphatic heterocycles. The van der Waals surface area contributed by atoms with Crippen molar-refractivity contribution in [3.8, 4) is 5.75 Å². The number of anilines is 1. The molecule has 3 rings (SSSR count). The summed E-state index contributed by atoms with van der Waals surface area (Å²) in [6.45, 7) is 4.15. The predicted molar refractivity (Wildman–Crippen MR) is 104 cm³/mol. The number of amides is 1. The lowest BCUT2D eigenvalue weighted by molar-refractivity contribution is -0.142. The SMILES string of the molecule is CCOc1ccc(C(=O)N2CCCCC2)cc1NC1CCC(C(=O)O)CC1. The van der Waals surface area contributed by atoms with Crippen LogP contribution >= 0.6 is 0 Å². The molecule has 6 nitrogen and oxygen atoms in total. The Labute approximate surface area is 160 Å². The van der Waals surface area contributed by atoms with Gasteiger partial charge in [0.25, 0.3) is 5.91 Å². The molecule has 2 fully saturated rings. The molecular weight excluding hydrogens is 344 g/mol. The summed E-state index contributed by atoms with van der Waals surface area (Å²) in [6.07, 6.45) is 6.33. The van der Waals surface area contributed by atoms with E-state index in [9.17, 15) is 9.59 Å². The number of nitrogens with one attached hydrogen (secondary N) is 1. The third-order valence-electron chi connectivity index (χ3n) is 5.61. The molecule has 1 aromatic carbocycles. The van der Waals surface area contributed by atoms with Crippen molar-refractivity contribution in [3.05, 3.63) is 23.8 Å². The fraction of sp³-hybridized carbons (Fsp3) is 0.619. The van der Waals surface area contributed by atoms with Crippen molar-refractivity contribution >= 4 is 17.6 Å². The van der Waals surface area contributed by atoms with Crippen LogP contribution in [-0.4, -0.2) is 47.6 Å². The normalized spacial score (nSPS) is 22.9. The fourth-order valence-electron chi connectivity index (χ4n) is 4.04. The van der Waals surface area contributed by atoms with Gasteiger partial charge in [0.2, 0.25) is 0 Å². The number of nitrogens with zero attached hydrogens (tertiary/aromatic N) is 1. The molecule has 1 saturated heterocycles. The number of ether oxygens (including phenoxy) is 1. The van der Waals surface area contributed by atoms with Gasteiger partial charge in [0.15, 0.2) is 0 Å². The lowest BCUT2D eigenvalue weighted by atomic mass is 9.86. The van der Waals surface area contributed by atoms with E-state index in [0.29, 0.717) is 25.0 Å². The predicted octanol–water partition coefficient (Wildman–Crippen LogP) is 3.77. The molecule has 6 heteroatoms. The first-order valence-electron chi connectivity index (χ1n) is 10.1. The Hall–Kier alpha value is -2.24. The highest BCUT2D eigenvalue weighted by Gasteiger charge is 2.27. The number of piperidine rings is 1. The Balaban J connectivity index is 1.72. The van der Waals surface area contributed by atoms with Gasteiger partial charge in [0.1, 0.15) is 5.75 Å². The first-order chi connectivity index (χ1) is 13.1. The van der Waals surface area contributed by atoms with E-state index in [1.165, 1.54) is 6.42 Å². The highest BCUT2D eigenvalue weighted by Crippen LogP contribution is 2.32. The van der Waals surface area contributed by atoms with E-state index in [-0.39, 0.29) is 17.9 Å². The number of carbonyl (C=O) groups is 2. The second-order valence-electron chi connectivity index (χ2n) is 7.53. The molecule has 27 heavy (non-hydrogen) atoms. The van der Waals surface area contributed by atoms with Crippen LogP contribution in [0.4, 0.5) is 5.69 Å². The van der Waals surface area contributed by atoms with Gasteiger partial charge in [-0.3, -0.25) is 9.59 Å². The van der Waals surface area contributed by atoms with Gasteiger partial charge in [-0.1, -0.05) is 0 Å². The molecule has 1 aromatic rings. The lowest BCUT2D eigenvalue weighted by Gasteiger charge is -2.29. The third kappa shape index (κ3) is 4.93. The fourth-order valence-corrected chi connectivity index (χ4v) is 4.04. The maximum Gasteiger partial charge on any atom is 0.306 e. The van der Waals surface area contributed by atoms with E-state index in [1.807, 2.05) is 30.0 Å². The van der Waals surface area contributed by atoms with E-state index in [1.54, 1.807) is 0 Å². The molecule has 1 saturated carbocycles. The van der Waals surface area contributed by atoms with Crippen LogP contribution in [0.2, 0.25) is 0 Å². The molecule has 0 spiro atoms. The highest BCUT2D eigenvalue weighted by atomic mass is 16.5. The number of aliphatic carboxylic acids is 1. The second-order valence-corrected chi connectivity index (χ2v) is 7.53. The summed E-state index contributed by atoms with van der Waals surface area (Å²) < 4.78 is 5.74. The molecule has 2 N–H and O–H groups in total. The zero-order valence-corrected chi connectivity index (χ0v) is 16.1. The largest absolute Gasteiger partial charge is 0.492 e. The van der Waals surface area contributed by atoms with E-state index in [0.717, 1.165) is 50.2 Å². The Morgan fingerprint density at radius 1 is 1.15 bits per heavy atom. The summed E-state index contributed by atoms with van der Waals surface area (Å²) >= 11 is 0. The molecule has 1 aliphatic carbocycles. The van der Waals surface area contributed by atoms with Gasteiger partial charge >= 0.3 is 5.97 Å². The minimum Gasteiger partial charge on any atom is -0.492 e. The Morgan fingerprint density at radius 2 is 1.85 bits per heavy atom.